The van der Waals surface area contributed by atoms with Crippen LogP contribution in [0.5, 0.6) is 0 Å². The van der Waals surface area contributed by atoms with Crippen molar-refractivity contribution in [3.05, 3.63) is 11.1 Å². The number of carbonyl (C=O) groups is 2. The highest BCUT2D eigenvalue weighted by molar-refractivity contribution is 5.86. The second-order valence-electron chi connectivity index (χ2n) is 13.1. The summed E-state index contributed by atoms with van der Waals surface area (Å²) < 4.78 is 6.84. The van der Waals surface area contributed by atoms with E-state index in [-0.39, 0.29) is 52.0 Å². The molecule has 0 radical (unpaired) electrons. The third-order valence-corrected chi connectivity index (χ3v) is 12.2. The van der Waals surface area contributed by atoms with Crippen LogP contribution in [0.15, 0.2) is 11.1 Å². The zero-order valence-corrected chi connectivity index (χ0v) is 21.7. The first-order valence-electron chi connectivity index (χ1n) is 13.5. The topological polar surface area (TPSA) is 63.6 Å². The molecule has 1 spiro atoms. The van der Waals surface area contributed by atoms with Gasteiger partial charge in [-0.15, -0.1) is 0 Å². The molecule has 1 N–H and O–H groups in total. The maximum absolute atomic E-state index is 12.9. The Balaban J connectivity index is 1.57. The lowest BCUT2D eigenvalue weighted by molar-refractivity contribution is -0.163. The predicted molar refractivity (Wildman–Crippen MR) is 129 cm³/mol. The van der Waals surface area contributed by atoms with Crippen molar-refractivity contribution < 1.29 is 19.4 Å². The van der Waals surface area contributed by atoms with E-state index < -0.39 is 5.41 Å². The highest BCUT2D eigenvalue weighted by Crippen LogP contribution is 2.75. The standard InChI is InChI=1S/C29H44O4/c1-7-21(31)22-16-18(2)29(33-22)15-14-27(5)20-8-9-23-25(3,19(20)10-13-28(27,29)6)12-11-24(32)26(23,4)17-30/h18,22-23,30H,7-17H2,1-6H3/t18?,22?,23-,25+,26+,27-,28-,29-/m0/s1. The predicted octanol–water partition coefficient (Wildman–Crippen LogP) is 5.80. The van der Waals surface area contributed by atoms with Gasteiger partial charge in [0.05, 0.1) is 17.6 Å². The van der Waals surface area contributed by atoms with Gasteiger partial charge in [0.2, 0.25) is 0 Å². The van der Waals surface area contributed by atoms with E-state index in [0.29, 0.717) is 18.8 Å². The molecule has 2 saturated carbocycles. The first kappa shape index (κ1) is 23.7. The van der Waals surface area contributed by atoms with Crippen LogP contribution in [-0.2, 0) is 14.3 Å². The van der Waals surface area contributed by atoms with Crippen LogP contribution < -0.4 is 0 Å². The molecule has 1 aliphatic heterocycles. The molecule has 33 heavy (non-hydrogen) atoms. The van der Waals surface area contributed by atoms with E-state index in [9.17, 15) is 14.7 Å². The summed E-state index contributed by atoms with van der Waals surface area (Å²) in [7, 11) is 0. The molecule has 0 aromatic carbocycles. The molecule has 2 unspecified atom stereocenters. The van der Waals surface area contributed by atoms with Crippen molar-refractivity contribution in [3.63, 3.8) is 0 Å². The molecule has 5 rings (SSSR count). The smallest absolute Gasteiger partial charge is 0.161 e. The number of fused-ring (bicyclic) bond motifs is 5. The first-order chi connectivity index (χ1) is 15.4. The van der Waals surface area contributed by atoms with Crippen molar-refractivity contribution >= 4 is 11.6 Å². The van der Waals surface area contributed by atoms with Crippen molar-refractivity contribution in [3.8, 4) is 0 Å². The number of allylic oxidation sites excluding steroid dienone is 2. The van der Waals surface area contributed by atoms with Gasteiger partial charge in [0.1, 0.15) is 11.9 Å². The van der Waals surface area contributed by atoms with Gasteiger partial charge in [0, 0.05) is 18.3 Å². The average Bonchev–Trinajstić information content (AvgIpc) is 3.26. The summed E-state index contributed by atoms with van der Waals surface area (Å²) in [6, 6.07) is 0. The van der Waals surface area contributed by atoms with Gasteiger partial charge in [-0.25, -0.2) is 0 Å². The lowest BCUT2D eigenvalue weighted by Crippen LogP contribution is -2.58. The first-order valence-corrected chi connectivity index (χ1v) is 13.5. The maximum atomic E-state index is 12.9. The minimum atomic E-state index is -0.610. The molecule has 5 aliphatic rings. The number of ether oxygens (including phenoxy) is 1. The fraction of sp³-hybridized carbons (Fsp3) is 0.862. The number of Topliss-reactive ketones (excluding diaryl/α,β-unsaturated/α-hetero) is 2. The van der Waals surface area contributed by atoms with E-state index in [1.807, 2.05) is 13.8 Å². The fourth-order valence-electron chi connectivity index (χ4n) is 9.89. The number of hydrogen-bond donors (Lipinski definition) is 1. The molecular formula is C29H44O4. The van der Waals surface area contributed by atoms with Crippen LogP contribution in [0.3, 0.4) is 0 Å². The van der Waals surface area contributed by atoms with Gasteiger partial charge in [0.15, 0.2) is 5.78 Å². The monoisotopic (exact) mass is 456 g/mol. The van der Waals surface area contributed by atoms with Crippen molar-refractivity contribution in [1.29, 1.82) is 0 Å². The summed E-state index contributed by atoms with van der Waals surface area (Å²) in [6.07, 6.45) is 9.02. The summed E-state index contributed by atoms with van der Waals surface area (Å²) >= 11 is 0. The Kier molecular flexibility index (Phi) is 5.22. The van der Waals surface area contributed by atoms with Crippen LogP contribution in [0.1, 0.15) is 106 Å². The van der Waals surface area contributed by atoms with E-state index in [0.717, 1.165) is 51.4 Å². The minimum Gasteiger partial charge on any atom is -0.395 e. The maximum Gasteiger partial charge on any atom is 0.161 e. The fourth-order valence-corrected chi connectivity index (χ4v) is 9.89. The van der Waals surface area contributed by atoms with Gasteiger partial charge in [-0.2, -0.15) is 0 Å². The van der Waals surface area contributed by atoms with Crippen molar-refractivity contribution in [2.24, 2.45) is 33.5 Å². The quantitative estimate of drug-likeness (QED) is 0.545. The number of aliphatic hydroxyl groups excluding tert-OH is 1. The Labute approximate surface area is 199 Å². The second kappa shape index (κ2) is 7.26. The molecule has 0 bridgehead atoms. The van der Waals surface area contributed by atoms with Crippen LogP contribution in [-0.4, -0.2) is 35.0 Å². The third-order valence-electron chi connectivity index (χ3n) is 12.2. The number of rotatable bonds is 3. The summed E-state index contributed by atoms with van der Waals surface area (Å²) in [5.41, 5.74) is 2.52. The minimum absolute atomic E-state index is 0.00191. The Morgan fingerprint density at radius 3 is 2.42 bits per heavy atom. The molecule has 4 aliphatic carbocycles. The van der Waals surface area contributed by atoms with Crippen molar-refractivity contribution in [1.82, 2.24) is 0 Å². The van der Waals surface area contributed by atoms with E-state index in [4.69, 9.17) is 4.74 Å². The number of aliphatic hydroxyl groups is 1. The molecule has 0 aromatic rings. The number of ketones is 2. The molecule has 1 saturated heterocycles. The van der Waals surface area contributed by atoms with E-state index in [1.54, 1.807) is 11.1 Å². The molecule has 0 aromatic heterocycles. The lowest BCUT2D eigenvalue weighted by atomic mass is 9.43. The van der Waals surface area contributed by atoms with Crippen molar-refractivity contribution in [2.45, 2.75) is 117 Å². The highest BCUT2D eigenvalue weighted by atomic mass is 16.5. The van der Waals surface area contributed by atoms with Gasteiger partial charge < -0.3 is 9.84 Å². The normalized spacial score (nSPS) is 51.5. The van der Waals surface area contributed by atoms with Crippen LogP contribution in [0.2, 0.25) is 0 Å². The van der Waals surface area contributed by atoms with Crippen LogP contribution >= 0.6 is 0 Å². The van der Waals surface area contributed by atoms with Gasteiger partial charge in [-0.3, -0.25) is 9.59 Å². The summed E-state index contributed by atoms with van der Waals surface area (Å²) in [6.45, 7) is 13.6. The van der Waals surface area contributed by atoms with Gasteiger partial charge in [0.25, 0.3) is 0 Å². The van der Waals surface area contributed by atoms with E-state index >= 15 is 0 Å². The number of carbonyl (C=O) groups excluding carboxylic acids is 2. The molecule has 8 atom stereocenters. The lowest BCUT2D eigenvalue weighted by Gasteiger charge is -2.62. The molecule has 4 nitrogen and oxygen atoms in total. The molecule has 4 heteroatoms. The molecule has 1 heterocycles. The van der Waals surface area contributed by atoms with Gasteiger partial charge in [-0.1, -0.05) is 52.7 Å². The Bertz CT molecular complexity index is 921. The number of hydrogen-bond acceptors (Lipinski definition) is 4. The summed E-state index contributed by atoms with van der Waals surface area (Å²) in [4.78, 5) is 25.5. The van der Waals surface area contributed by atoms with Crippen LogP contribution in [0, 0.1) is 33.5 Å². The Hall–Kier alpha value is -1.00. The molecular weight excluding hydrogens is 412 g/mol. The van der Waals surface area contributed by atoms with E-state index in [2.05, 4.69) is 27.7 Å². The third kappa shape index (κ3) is 2.66. The largest absolute Gasteiger partial charge is 0.395 e. The second-order valence-corrected chi connectivity index (χ2v) is 13.1. The van der Waals surface area contributed by atoms with Crippen LogP contribution in [0.25, 0.3) is 0 Å². The molecule has 3 fully saturated rings. The summed E-state index contributed by atoms with van der Waals surface area (Å²) in [5.74, 6) is 1.13. The SMILES string of the molecule is CCC(=O)C1CC(C)[C@]2(CC[C@@]3(C)C4=C(CC[C@@]32C)[C@@]2(C)CCC(=O)[C@](C)(CO)[C@H]2CC4)O1. The zero-order chi connectivity index (χ0) is 24.0. The average molecular weight is 457 g/mol. The molecule has 0 amide bonds. The Morgan fingerprint density at radius 1 is 1.03 bits per heavy atom. The zero-order valence-electron chi connectivity index (χ0n) is 21.7. The molecule has 184 valence electrons. The van der Waals surface area contributed by atoms with Gasteiger partial charge in [-0.05, 0) is 74.0 Å². The highest BCUT2D eigenvalue weighted by Gasteiger charge is 2.71. The van der Waals surface area contributed by atoms with Gasteiger partial charge >= 0.3 is 0 Å². The Morgan fingerprint density at radius 2 is 1.76 bits per heavy atom. The van der Waals surface area contributed by atoms with Crippen LogP contribution in [0.4, 0.5) is 0 Å². The van der Waals surface area contributed by atoms with E-state index in [1.165, 1.54) is 0 Å². The summed E-state index contributed by atoms with van der Waals surface area (Å²) in [5, 5.41) is 10.3. The van der Waals surface area contributed by atoms with Crippen molar-refractivity contribution in [2.75, 3.05) is 6.61 Å².